The Kier molecular flexibility index (Phi) is 4.79. The number of hydrogen-bond donors (Lipinski definition) is 1. The van der Waals surface area contributed by atoms with E-state index < -0.39 is 0 Å². The van der Waals surface area contributed by atoms with Crippen molar-refractivity contribution in [1.82, 2.24) is 14.9 Å². The van der Waals surface area contributed by atoms with Crippen LogP contribution in [0.2, 0.25) is 0 Å². The summed E-state index contributed by atoms with van der Waals surface area (Å²) in [6, 6.07) is 13.7. The largest absolute Gasteiger partial charge is 0.484 e. The average molecular weight is 323 g/mol. The van der Waals surface area contributed by atoms with E-state index in [1.54, 1.807) is 10.7 Å². The standard InChI is InChI=1S/C19H21N3O2/c1-14(2)15-6-8-17(9-7-15)24-13-19(23)20-11-16-12-21-22-10-4-3-5-18(16)22/h3-10,12,14H,11,13H2,1-2H3,(H,20,23). The number of benzene rings is 1. The molecule has 0 radical (unpaired) electrons. The van der Waals surface area contributed by atoms with Crippen molar-refractivity contribution in [3.8, 4) is 5.75 Å². The lowest BCUT2D eigenvalue weighted by Gasteiger charge is -2.09. The van der Waals surface area contributed by atoms with E-state index in [1.807, 2.05) is 48.7 Å². The predicted octanol–water partition coefficient (Wildman–Crippen LogP) is 3.15. The molecule has 5 nitrogen and oxygen atoms in total. The lowest BCUT2D eigenvalue weighted by molar-refractivity contribution is -0.123. The van der Waals surface area contributed by atoms with Crippen LogP contribution in [-0.4, -0.2) is 22.1 Å². The zero-order valence-corrected chi connectivity index (χ0v) is 13.9. The highest BCUT2D eigenvalue weighted by atomic mass is 16.5. The Morgan fingerprint density at radius 1 is 1.21 bits per heavy atom. The molecule has 0 atom stereocenters. The fraction of sp³-hybridized carbons (Fsp3) is 0.263. The van der Waals surface area contributed by atoms with Gasteiger partial charge < -0.3 is 10.1 Å². The van der Waals surface area contributed by atoms with Gasteiger partial charge in [0.05, 0.1) is 11.7 Å². The molecule has 3 rings (SSSR count). The van der Waals surface area contributed by atoms with Crippen LogP contribution in [0.4, 0.5) is 0 Å². The number of nitrogens with one attached hydrogen (secondary N) is 1. The van der Waals surface area contributed by atoms with Gasteiger partial charge in [0.15, 0.2) is 6.61 Å². The molecule has 0 saturated carbocycles. The highest BCUT2D eigenvalue weighted by Crippen LogP contribution is 2.18. The van der Waals surface area contributed by atoms with Gasteiger partial charge in [0.2, 0.25) is 0 Å². The molecular formula is C19H21N3O2. The first-order valence-electron chi connectivity index (χ1n) is 8.04. The summed E-state index contributed by atoms with van der Waals surface area (Å²) in [6.07, 6.45) is 3.64. The molecule has 0 saturated heterocycles. The second kappa shape index (κ2) is 7.17. The molecule has 124 valence electrons. The van der Waals surface area contributed by atoms with Crippen LogP contribution in [0.1, 0.15) is 30.9 Å². The quantitative estimate of drug-likeness (QED) is 0.758. The van der Waals surface area contributed by atoms with E-state index in [0.29, 0.717) is 18.2 Å². The Bertz CT molecular complexity index is 822. The first kappa shape index (κ1) is 16.1. The van der Waals surface area contributed by atoms with Crippen molar-refractivity contribution >= 4 is 11.4 Å². The first-order chi connectivity index (χ1) is 11.6. The number of carbonyl (C=O) groups excluding carboxylic acids is 1. The van der Waals surface area contributed by atoms with Crippen LogP contribution in [0.3, 0.4) is 0 Å². The molecule has 24 heavy (non-hydrogen) atoms. The van der Waals surface area contributed by atoms with Crippen molar-refractivity contribution in [2.24, 2.45) is 0 Å². The maximum atomic E-state index is 12.0. The molecule has 0 unspecified atom stereocenters. The Hall–Kier alpha value is -2.82. The minimum absolute atomic E-state index is 0.000236. The van der Waals surface area contributed by atoms with E-state index in [2.05, 4.69) is 24.3 Å². The van der Waals surface area contributed by atoms with Crippen LogP contribution in [0.25, 0.3) is 5.52 Å². The molecule has 5 heteroatoms. The van der Waals surface area contributed by atoms with Crippen LogP contribution in [0.5, 0.6) is 5.75 Å². The number of hydrogen-bond acceptors (Lipinski definition) is 3. The molecule has 0 aliphatic rings. The molecule has 3 aromatic rings. The number of carbonyl (C=O) groups is 1. The molecule has 1 amide bonds. The highest BCUT2D eigenvalue weighted by Gasteiger charge is 2.07. The fourth-order valence-electron chi connectivity index (χ4n) is 2.47. The maximum Gasteiger partial charge on any atom is 0.258 e. The molecule has 0 spiro atoms. The molecule has 0 fully saturated rings. The minimum Gasteiger partial charge on any atom is -0.484 e. The van der Waals surface area contributed by atoms with Gasteiger partial charge in [0, 0.05) is 18.3 Å². The Morgan fingerprint density at radius 3 is 2.75 bits per heavy atom. The second-order valence-electron chi connectivity index (χ2n) is 5.99. The van der Waals surface area contributed by atoms with Crippen molar-refractivity contribution in [2.75, 3.05) is 6.61 Å². The molecule has 1 N–H and O–H groups in total. The molecule has 1 aromatic carbocycles. The Balaban J connectivity index is 1.51. The summed E-state index contributed by atoms with van der Waals surface area (Å²) in [5.41, 5.74) is 3.22. The SMILES string of the molecule is CC(C)c1ccc(OCC(=O)NCc2cnn3ccccc23)cc1. The summed E-state index contributed by atoms with van der Waals surface area (Å²) in [5.74, 6) is 1.02. The third kappa shape index (κ3) is 3.74. The zero-order valence-electron chi connectivity index (χ0n) is 13.9. The number of rotatable bonds is 6. The maximum absolute atomic E-state index is 12.0. The van der Waals surface area contributed by atoms with E-state index >= 15 is 0 Å². The monoisotopic (exact) mass is 323 g/mol. The highest BCUT2D eigenvalue weighted by molar-refractivity contribution is 5.77. The van der Waals surface area contributed by atoms with Crippen LogP contribution >= 0.6 is 0 Å². The van der Waals surface area contributed by atoms with Gasteiger partial charge in [-0.3, -0.25) is 4.79 Å². The second-order valence-corrected chi connectivity index (χ2v) is 5.99. The van der Waals surface area contributed by atoms with Gasteiger partial charge in [-0.25, -0.2) is 4.52 Å². The number of aromatic nitrogens is 2. The van der Waals surface area contributed by atoms with Crippen molar-refractivity contribution in [2.45, 2.75) is 26.3 Å². The van der Waals surface area contributed by atoms with Gasteiger partial charge in [0.25, 0.3) is 5.91 Å². The van der Waals surface area contributed by atoms with E-state index in [4.69, 9.17) is 4.74 Å². The third-order valence-electron chi connectivity index (χ3n) is 3.90. The van der Waals surface area contributed by atoms with E-state index in [1.165, 1.54) is 5.56 Å². The van der Waals surface area contributed by atoms with E-state index in [0.717, 1.165) is 11.1 Å². The number of fused-ring (bicyclic) bond motifs is 1. The lowest BCUT2D eigenvalue weighted by Crippen LogP contribution is -2.28. The fourth-order valence-corrected chi connectivity index (χ4v) is 2.47. The summed E-state index contributed by atoms with van der Waals surface area (Å²) in [6.45, 7) is 4.72. The minimum atomic E-state index is -0.154. The van der Waals surface area contributed by atoms with Gasteiger partial charge in [-0.1, -0.05) is 32.0 Å². The lowest BCUT2D eigenvalue weighted by atomic mass is 10.0. The van der Waals surface area contributed by atoms with Crippen LogP contribution in [0.15, 0.2) is 54.9 Å². The topological polar surface area (TPSA) is 55.6 Å². The normalized spacial score (nSPS) is 11.0. The van der Waals surface area contributed by atoms with Crippen molar-refractivity contribution in [3.05, 3.63) is 66.0 Å². The van der Waals surface area contributed by atoms with Crippen LogP contribution in [0, 0.1) is 0 Å². The molecule has 2 heterocycles. The van der Waals surface area contributed by atoms with Crippen LogP contribution in [-0.2, 0) is 11.3 Å². The third-order valence-corrected chi connectivity index (χ3v) is 3.90. The van der Waals surface area contributed by atoms with E-state index in [-0.39, 0.29) is 12.5 Å². The predicted molar refractivity (Wildman–Crippen MR) is 93.1 cm³/mol. The summed E-state index contributed by atoms with van der Waals surface area (Å²) >= 11 is 0. The zero-order chi connectivity index (χ0) is 16.9. The van der Waals surface area contributed by atoms with Gasteiger partial charge in [-0.2, -0.15) is 5.10 Å². The van der Waals surface area contributed by atoms with Crippen molar-refractivity contribution < 1.29 is 9.53 Å². The summed E-state index contributed by atoms with van der Waals surface area (Å²) in [7, 11) is 0. The number of ether oxygens (including phenoxy) is 1. The summed E-state index contributed by atoms with van der Waals surface area (Å²) in [4.78, 5) is 12.0. The molecule has 0 bridgehead atoms. The Labute approximate surface area is 141 Å². The van der Waals surface area contributed by atoms with E-state index in [9.17, 15) is 4.79 Å². The molecular weight excluding hydrogens is 302 g/mol. The summed E-state index contributed by atoms with van der Waals surface area (Å²) < 4.78 is 7.31. The summed E-state index contributed by atoms with van der Waals surface area (Å²) in [5, 5.41) is 7.11. The molecule has 0 aliphatic carbocycles. The van der Waals surface area contributed by atoms with Crippen molar-refractivity contribution in [1.29, 1.82) is 0 Å². The van der Waals surface area contributed by atoms with Gasteiger partial charge in [-0.05, 0) is 35.7 Å². The number of amides is 1. The van der Waals surface area contributed by atoms with Gasteiger partial charge >= 0.3 is 0 Å². The average Bonchev–Trinajstić information content (AvgIpc) is 3.01. The molecule has 0 aliphatic heterocycles. The smallest absolute Gasteiger partial charge is 0.258 e. The van der Waals surface area contributed by atoms with Gasteiger partial charge in [0.1, 0.15) is 5.75 Å². The van der Waals surface area contributed by atoms with Crippen molar-refractivity contribution in [3.63, 3.8) is 0 Å². The Morgan fingerprint density at radius 2 is 2.00 bits per heavy atom. The number of nitrogens with zero attached hydrogens (tertiary/aromatic N) is 2. The van der Waals surface area contributed by atoms with Gasteiger partial charge in [-0.15, -0.1) is 0 Å². The molecule has 2 aromatic heterocycles. The van der Waals surface area contributed by atoms with Crippen LogP contribution < -0.4 is 10.1 Å². The first-order valence-corrected chi connectivity index (χ1v) is 8.04. The number of pyridine rings is 1.